The standard InChI is InChI=1S/C12H8FN3O/c13-8-3-1-7(2-4-8)10-5-9-11(14)15-6-16-12(9)17-10/h1-6H,(H2,14,15,16). The second-order valence-electron chi connectivity index (χ2n) is 3.60. The van der Waals surface area contributed by atoms with Gasteiger partial charge in [0.15, 0.2) is 0 Å². The number of benzene rings is 1. The number of fused-ring (bicyclic) bond motifs is 1. The zero-order valence-corrected chi connectivity index (χ0v) is 8.72. The van der Waals surface area contributed by atoms with Crippen LogP contribution in [-0.2, 0) is 0 Å². The molecule has 4 nitrogen and oxygen atoms in total. The molecule has 17 heavy (non-hydrogen) atoms. The molecular formula is C12H8FN3O. The Morgan fingerprint density at radius 2 is 1.88 bits per heavy atom. The SMILES string of the molecule is Nc1ncnc2oc(-c3ccc(F)cc3)cc12. The average molecular weight is 229 g/mol. The Labute approximate surface area is 95.9 Å². The van der Waals surface area contributed by atoms with Gasteiger partial charge in [0.25, 0.3) is 0 Å². The summed E-state index contributed by atoms with van der Waals surface area (Å²) in [6, 6.07) is 7.76. The molecule has 5 heteroatoms. The van der Waals surface area contributed by atoms with E-state index in [1.807, 2.05) is 0 Å². The van der Waals surface area contributed by atoms with Crippen molar-refractivity contribution in [1.29, 1.82) is 0 Å². The maximum absolute atomic E-state index is 12.8. The molecule has 0 saturated heterocycles. The van der Waals surface area contributed by atoms with Crippen LogP contribution in [-0.4, -0.2) is 9.97 Å². The molecule has 0 spiro atoms. The number of halogens is 1. The first-order chi connectivity index (χ1) is 8.24. The minimum atomic E-state index is -0.288. The summed E-state index contributed by atoms with van der Waals surface area (Å²) in [5.41, 5.74) is 6.90. The molecule has 0 aliphatic heterocycles. The number of nitrogen functional groups attached to an aromatic ring is 1. The number of aromatic nitrogens is 2. The summed E-state index contributed by atoms with van der Waals surface area (Å²) in [5, 5.41) is 0.659. The summed E-state index contributed by atoms with van der Waals surface area (Å²) in [6.07, 6.45) is 1.34. The van der Waals surface area contributed by atoms with Gasteiger partial charge in [-0.3, -0.25) is 0 Å². The highest BCUT2D eigenvalue weighted by molar-refractivity contribution is 5.88. The van der Waals surface area contributed by atoms with E-state index >= 15 is 0 Å². The molecule has 0 saturated carbocycles. The first-order valence-corrected chi connectivity index (χ1v) is 5.00. The van der Waals surface area contributed by atoms with Crippen LogP contribution in [0.1, 0.15) is 0 Å². The van der Waals surface area contributed by atoms with Gasteiger partial charge in [-0.25, -0.2) is 14.4 Å². The van der Waals surface area contributed by atoms with Crippen LogP contribution in [0.4, 0.5) is 10.2 Å². The molecule has 0 aliphatic carbocycles. The number of hydrogen-bond acceptors (Lipinski definition) is 4. The number of nitrogens with two attached hydrogens (primary N) is 1. The van der Waals surface area contributed by atoms with Gasteiger partial charge in [0, 0.05) is 5.56 Å². The van der Waals surface area contributed by atoms with Crippen molar-refractivity contribution in [1.82, 2.24) is 9.97 Å². The van der Waals surface area contributed by atoms with Crippen molar-refractivity contribution in [3.63, 3.8) is 0 Å². The van der Waals surface area contributed by atoms with Gasteiger partial charge in [-0.15, -0.1) is 0 Å². The molecule has 0 unspecified atom stereocenters. The maximum atomic E-state index is 12.8. The fourth-order valence-corrected chi connectivity index (χ4v) is 1.63. The van der Waals surface area contributed by atoms with E-state index in [0.717, 1.165) is 5.56 Å². The van der Waals surface area contributed by atoms with Gasteiger partial charge in [-0.05, 0) is 30.3 Å². The molecule has 0 aliphatic rings. The number of furan rings is 1. The average Bonchev–Trinajstić information content (AvgIpc) is 2.75. The van der Waals surface area contributed by atoms with E-state index in [1.54, 1.807) is 18.2 Å². The van der Waals surface area contributed by atoms with Crippen LogP contribution in [0.25, 0.3) is 22.4 Å². The molecule has 1 aromatic carbocycles. The molecule has 0 bridgehead atoms. The van der Waals surface area contributed by atoms with E-state index < -0.39 is 0 Å². The first kappa shape index (κ1) is 9.77. The monoisotopic (exact) mass is 229 g/mol. The minimum absolute atomic E-state index is 0.288. The van der Waals surface area contributed by atoms with Crippen LogP contribution in [0.3, 0.4) is 0 Å². The summed E-state index contributed by atoms with van der Waals surface area (Å²) in [5.74, 6) is 0.670. The third kappa shape index (κ3) is 1.61. The summed E-state index contributed by atoms with van der Waals surface area (Å²) in [7, 11) is 0. The third-order valence-corrected chi connectivity index (χ3v) is 2.49. The molecule has 84 valence electrons. The molecule has 0 fully saturated rings. The molecule has 2 aromatic heterocycles. The molecule has 3 aromatic rings. The topological polar surface area (TPSA) is 64.9 Å². The summed E-state index contributed by atoms with van der Waals surface area (Å²) in [4.78, 5) is 7.85. The fraction of sp³-hybridized carbons (Fsp3) is 0. The second-order valence-corrected chi connectivity index (χ2v) is 3.60. The molecule has 2 heterocycles. The van der Waals surface area contributed by atoms with E-state index in [1.165, 1.54) is 18.5 Å². The van der Waals surface area contributed by atoms with E-state index in [0.29, 0.717) is 22.7 Å². The molecule has 3 rings (SSSR count). The number of hydrogen-bond donors (Lipinski definition) is 1. The Bertz CT molecular complexity index is 676. The van der Waals surface area contributed by atoms with Gasteiger partial charge in [0.2, 0.25) is 5.71 Å². The smallest absolute Gasteiger partial charge is 0.231 e. The molecule has 2 N–H and O–H groups in total. The zero-order valence-electron chi connectivity index (χ0n) is 8.72. The maximum Gasteiger partial charge on any atom is 0.231 e. The zero-order chi connectivity index (χ0) is 11.8. The second kappa shape index (κ2) is 3.55. The highest BCUT2D eigenvalue weighted by Gasteiger charge is 2.09. The van der Waals surface area contributed by atoms with Crippen LogP contribution in [0.2, 0.25) is 0 Å². The van der Waals surface area contributed by atoms with Gasteiger partial charge in [-0.1, -0.05) is 0 Å². The Morgan fingerprint density at radius 1 is 1.12 bits per heavy atom. The van der Waals surface area contributed by atoms with Gasteiger partial charge in [0.05, 0.1) is 5.39 Å². The molecule has 0 atom stereocenters. The normalized spacial score (nSPS) is 10.9. The number of anilines is 1. The fourth-order valence-electron chi connectivity index (χ4n) is 1.63. The molecule has 0 amide bonds. The quantitative estimate of drug-likeness (QED) is 0.696. The van der Waals surface area contributed by atoms with Crippen LogP contribution >= 0.6 is 0 Å². The van der Waals surface area contributed by atoms with Crippen molar-refractivity contribution in [2.75, 3.05) is 5.73 Å². The van der Waals surface area contributed by atoms with Gasteiger partial charge >= 0.3 is 0 Å². The Balaban J connectivity index is 2.18. The molecule has 0 radical (unpaired) electrons. The van der Waals surface area contributed by atoms with Crippen molar-refractivity contribution in [2.24, 2.45) is 0 Å². The predicted molar refractivity (Wildman–Crippen MR) is 61.6 cm³/mol. The highest BCUT2D eigenvalue weighted by atomic mass is 19.1. The van der Waals surface area contributed by atoms with Crippen molar-refractivity contribution in [3.05, 3.63) is 42.5 Å². The van der Waals surface area contributed by atoms with E-state index in [-0.39, 0.29) is 5.82 Å². The third-order valence-electron chi connectivity index (χ3n) is 2.49. The number of rotatable bonds is 1. The lowest BCUT2D eigenvalue weighted by molar-refractivity contribution is 0.615. The van der Waals surface area contributed by atoms with Crippen LogP contribution in [0.15, 0.2) is 41.1 Å². The molecular weight excluding hydrogens is 221 g/mol. The van der Waals surface area contributed by atoms with E-state index in [4.69, 9.17) is 10.2 Å². The largest absolute Gasteiger partial charge is 0.438 e. The number of nitrogens with zero attached hydrogens (tertiary/aromatic N) is 2. The Morgan fingerprint density at radius 3 is 2.59 bits per heavy atom. The Hall–Kier alpha value is -2.43. The van der Waals surface area contributed by atoms with Gasteiger partial charge in [-0.2, -0.15) is 0 Å². The Kier molecular flexibility index (Phi) is 2.04. The van der Waals surface area contributed by atoms with Crippen molar-refractivity contribution in [3.8, 4) is 11.3 Å². The van der Waals surface area contributed by atoms with E-state index in [9.17, 15) is 4.39 Å². The van der Waals surface area contributed by atoms with Crippen molar-refractivity contribution >= 4 is 16.9 Å². The van der Waals surface area contributed by atoms with Crippen LogP contribution in [0.5, 0.6) is 0 Å². The predicted octanol–water partition coefficient (Wildman–Crippen LogP) is 2.61. The lowest BCUT2D eigenvalue weighted by Crippen LogP contribution is -1.89. The van der Waals surface area contributed by atoms with Gasteiger partial charge in [0.1, 0.15) is 23.7 Å². The van der Waals surface area contributed by atoms with Crippen LogP contribution in [0, 0.1) is 5.82 Å². The van der Waals surface area contributed by atoms with Crippen molar-refractivity contribution < 1.29 is 8.81 Å². The lowest BCUT2D eigenvalue weighted by Gasteiger charge is -1.94. The summed E-state index contributed by atoms with van der Waals surface area (Å²) in [6.45, 7) is 0. The van der Waals surface area contributed by atoms with E-state index in [2.05, 4.69) is 9.97 Å². The first-order valence-electron chi connectivity index (χ1n) is 5.00. The highest BCUT2D eigenvalue weighted by Crippen LogP contribution is 2.28. The summed E-state index contributed by atoms with van der Waals surface area (Å²) < 4.78 is 18.3. The van der Waals surface area contributed by atoms with Crippen molar-refractivity contribution in [2.45, 2.75) is 0 Å². The van der Waals surface area contributed by atoms with Gasteiger partial charge < -0.3 is 10.2 Å². The summed E-state index contributed by atoms with van der Waals surface area (Å²) >= 11 is 0. The minimum Gasteiger partial charge on any atom is -0.438 e. The van der Waals surface area contributed by atoms with Crippen LogP contribution < -0.4 is 5.73 Å². The lowest BCUT2D eigenvalue weighted by atomic mass is 10.1.